The fourth-order valence-corrected chi connectivity index (χ4v) is 1.66. The second kappa shape index (κ2) is 7.14. The van der Waals surface area contributed by atoms with E-state index in [-0.39, 0.29) is 17.2 Å². The zero-order chi connectivity index (χ0) is 15.3. The smallest absolute Gasteiger partial charge is 0.260 e. The van der Waals surface area contributed by atoms with E-state index in [9.17, 15) is 9.59 Å². The molecule has 110 valence electrons. The number of hydrogen-bond acceptors (Lipinski definition) is 3. The number of amides is 2. The Balaban J connectivity index is 2.77. The van der Waals surface area contributed by atoms with E-state index in [0.29, 0.717) is 17.5 Å². The van der Waals surface area contributed by atoms with Crippen LogP contribution < -0.4 is 15.8 Å². The lowest BCUT2D eigenvalue weighted by Crippen LogP contribution is -2.38. The summed E-state index contributed by atoms with van der Waals surface area (Å²) < 4.78 is 5.48. The summed E-state index contributed by atoms with van der Waals surface area (Å²) in [6.45, 7) is 6.16. The molecule has 0 radical (unpaired) electrons. The summed E-state index contributed by atoms with van der Waals surface area (Å²) in [4.78, 5) is 23.1. The second-order valence-electron chi connectivity index (χ2n) is 4.90. The van der Waals surface area contributed by atoms with E-state index in [0.717, 1.165) is 0 Å². The predicted octanol–water partition coefficient (Wildman–Crippen LogP) is 1.98. The Bertz CT molecular complexity index is 503. The lowest BCUT2D eigenvalue weighted by Gasteiger charge is -2.17. The molecule has 0 aliphatic heterocycles. The Morgan fingerprint density at radius 2 is 2.00 bits per heavy atom. The van der Waals surface area contributed by atoms with Crippen molar-refractivity contribution in [2.24, 2.45) is 11.7 Å². The van der Waals surface area contributed by atoms with Gasteiger partial charge in [0.1, 0.15) is 5.75 Å². The van der Waals surface area contributed by atoms with Crippen LogP contribution in [0, 0.1) is 5.92 Å². The molecule has 6 heteroatoms. The molecule has 0 fully saturated rings. The maximum absolute atomic E-state index is 11.8. The predicted molar refractivity (Wildman–Crippen MR) is 77.9 cm³/mol. The van der Waals surface area contributed by atoms with Crippen LogP contribution in [0.3, 0.4) is 0 Å². The molecule has 0 heterocycles. The summed E-state index contributed by atoms with van der Waals surface area (Å²) in [6.07, 6.45) is -0.729. The molecule has 0 aliphatic rings. The van der Waals surface area contributed by atoms with E-state index >= 15 is 0 Å². The fourth-order valence-electron chi connectivity index (χ4n) is 1.49. The molecule has 0 unspecified atom stereocenters. The molecule has 5 nitrogen and oxygen atoms in total. The van der Waals surface area contributed by atoms with Crippen LogP contribution >= 0.6 is 11.6 Å². The molecule has 0 aliphatic carbocycles. The molecule has 1 aromatic carbocycles. The number of hydrogen-bond donors (Lipinski definition) is 2. The molecule has 2 amide bonds. The van der Waals surface area contributed by atoms with E-state index in [1.807, 2.05) is 13.8 Å². The van der Waals surface area contributed by atoms with E-state index in [2.05, 4.69) is 5.32 Å². The first-order valence-corrected chi connectivity index (χ1v) is 6.72. The monoisotopic (exact) mass is 298 g/mol. The normalized spacial score (nSPS) is 12.1. The number of carbonyl (C=O) groups is 2. The number of ether oxygens (including phenoxy) is 1. The molecule has 0 bridgehead atoms. The Hall–Kier alpha value is -1.75. The van der Waals surface area contributed by atoms with Crippen LogP contribution in [0.2, 0.25) is 5.02 Å². The van der Waals surface area contributed by atoms with Crippen molar-refractivity contribution in [2.75, 3.05) is 6.54 Å². The van der Waals surface area contributed by atoms with Gasteiger partial charge >= 0.3 is 0 Å². The highest BCUT2D eigenvalue weighted by molar-refractivity contribution is 6.31. The number of nitrogens with two attached hydrogens (primary N) is 1. The molecule has 1 atom stereocenters. The van der Waals surface area contributed by atoms with Crippen LogP contribution in [0.4, 0.5) is 0 Å². The largest absolute Gasteiger partial charge is 0.480 e. The van der Waals surface area contributed by atoms with Gasteiger partial charge in [-0.1, -0.05) is 25.4 Å². The summed E-state index contributed by atoms with van der Waals surface area (Å²) in [5.41, 5.74) is 5.41. The van der Waals surface area contributed by atoms with Crippen LogP contribution in [0.1, 0.15) is 31.1 Å². The minimum Gasteiger partial charge on any atom is -0.480 e. The highest BCUT2D eigenvalue weighted by atomic mass is 35.5. The average molecular weight is 299 g/mol. The van der Waals surface area contributed by atoms with Crippen molar-refractivity contribution in [1.29, 1.82) is 0 Å². The Morgan fingerprint density at radius 1 is 1.35 bits per heavy atom. The lowest BCUT2D eigenvalue weighted by atomic mass is 10.2. The Labute approximate surface area is 123 Å². The van der Waals surface area contributed by atoms with Crippen molar-refractivity contribution in [2.45, 2.75) is 26.9 Å². The van der Waals surface area contributed by atoms with Crippen molar-refractivity contribution in [1.82, 2.24) is 5.32 Å². The first-order chi connectivity index (χ1) is 9.31. The Kier molecular flexibility index (Phi) is 5.82. The third-order valence-corrected chi connectivity index (χ3v) is 2.80. The van der Waals surface area contributed by atoms with Gasteiger partial charge in [-0.3, -0.25) is 9.59 Å². The van der Waals surface area contributed by atoms with Gasteiger partial charge in [0.2, 0.25) is 0 Å². The van der Waals surface area contributed by atoms with E-state index in [1.54, 1.807) is 13.0 Å². The van der Waals surface area contributed by atoms with Gasteiger partial charge < -0.3 is 15.8 Å². The summed E-state index contributed by atoms with van der Waals surface area (Å²) in [5.74, 6) is -0.307. The maximum atomic E-state index is 11.8. The van der Waals surface area contributed by atoms with Crippen LogP contribution in [0.15, 0.2) is 18.2 Å². The van der Waals surface area contributed by atoms with Crippen LogP contribution in [0.25, 0.3) is 0 Å². The van der Waals surface area contributed by atoms with Crippen LogP contribution in [-0.2, 0) is 4.79 Å². The number of carbonyl (C=O) groups excluding carboxylic acids is 2. The maximum Gasteiger partial charge on any atom is 0.260 e. The number of halogens is 1. The van der Waals surface area contributed by atoms with Gasteiger partial charge in [-0.15, -0.1) is 0 Å². The summed E-state index contributed by atoms with van der Waals surface area (Å²) in [6, 6.07) is 4.51. The molecule has 3 N–H and O–H groups in total. The van der Waals surface area contributed by atoms with Crippen LogP contribution in [-0.4, -0.2) is 24.5 Å². The van der Waals surface area contributed by atoms with Crippen LogP contribution in [0.5, 0.6) is 5.75 Å². The number of primary amides is 1. The van der Waals surface area contributed by atoms with Crippen molar-refractivity contribution in [3.63, 3.8) is 0 Å². The molecule has 20 heavy (non-hydrogen) atoms. The molecule has 1 aromatic rings. The number of benzene rings is 1. The Morgan fingerprint density at radius 3 is 2.55 bits per heavy atom. The van der Waals surface area contributed by atoms with Gasteiger partial charge in [0, 0.05) is 11.6 Å². The van der Waals surface area contributed by atoms with E-state index < -0.39 is 12.0 Å². The highest BCUT2D eigenvalue weighted by Crippen LogP contribution is 2.23. The molecule has 0 saturated heterocycles. The van der Waals surface area contributed by atoms with Crippen molar-refractivity contribution < 1.29 is 14.3 Å². The van der Waals surface area contributed by atoms with Gasteiger partial charge in [0.15, 0.2) is 6.10 Å². The highest BCUT2D eigenvalue weighted by Gasteiger charge is 2.18. The van der Waals surface area contributed by atoms with Gasteiger partial charge in [-0.05, 0) is 31.0 Å². The van der Waals surface area contributed by atoms with Gasteiger partial charge in [-0.25, -0.2) is 0 Å². The van der Waals surface area contributed by atoms with Gasteiger partial charge in [-0.2, -0.15) is 0 Å². The lowest BCUT2D eigenvalue weighted by molar-refractivity contribution is -0.127. The van der Waals surface area contributed by atoms with Crippen molar-refractivity contribution in [3.8, 4) is 5.75 Å². The fraction of sp³-hybridized carbons (Fsp3) is 0.429. The SMILES string of the molecule is CC(C)CNC(=O)[C@H](C)Oc1ccc(Cl)cc1C(N)=O. The standard InChI is InChI=1S/C14H19ClN2O3/c1-8(2)7-17-14(19)9(3)20-12-5-4-10(15)6-11(12)13(16)18/h4-6,8-9H,7H2,1-3H3,(H2,16,18)(H,17,19)/t9-/m0/s1. The van der Waals surface area contributed by atoms with Crippen molar-refractivity contribution in [3.05, 3.63) is 28.8 Å². The summed E-state index contributed by atoms with van der Waals surface area (Å²) in [7, 11) is 0. The average Bonchev–Trinajstić information content (AvgIpc) is 2.37. The van der Waals surface area contributed by atoms with Crippen molar-refractivity contribution >= 4 is 23.4 Å². The first kappa shape index (κ1) is 16.3. The third kappa shape index (κ3) is 4.74. The minimum absolute atomic E-state index is 0.154. The summed E-state index contributed by atoms with van der Waals surface area (Å²) >= 11 is 5.80. The third-order valence-electron chi connectivity index (χ3n) is 2.56. The topological polar surface area (TPSA) is 81.4 Å². The molecule has 0 aromatic heterocycles. The summed E-state index contributed by atoms with van der Waals surface area (Å²) in [5, 5.41) is 3.13. The molecular weight excluding hydrogens is 280 g/mol. The minimum atomic E-state index is -0.729. The zero-order valence-corrected chi connectivity index (χ0v) is 12.5. The van der Waals surface area contributed by atoms with E-state index in [1.165, 1.54) is 12.1 Å². The second-order valence-corrected chi connectivity index (χ2v) is 5.34. The quantitative estimate of drug-likeness (QED) is 0.842. The zero-order valence-electron chi connectivity index (χ0n) is 11.8. The number of rotatable bonds is 6. The molecule has 1 rings (SSSR count). The first-order valence-electron chi connectivity index (χ1n) is 6.35. The van der Waals surface area contributed by atoms with Gasteiger partial charge in [0.05, 0.1) is 5.56 Å². The molecular formula is C14H19ClN2O3. The molecule has 0 spiro atoms. The number of nitrogens with one attached hydrogen (secondary N) is 1. The van der Waals surface area contributed by atoms with E-state index in [4.69, 9.17) is 22.1 Å². The molecule has 0 saturated carbocycles. The van der Waals surface area contributed by atoms with Gasteiger partial charge in [0.25, 0.3) is 11.8 Å².